The van der Waals surface area contributed by atoms with Crippen molar-refractivity contribution in [2.75, 3.05) is 7.11 Å². The zero-order valence-corrected chi connectivity index (χ0v) is 10.1. The highest BCUT2D eigenvalue weighted by molar-refractivity contribution is 5.74. The second-order valence-corrected chi connectivity index (χ2v) is 4.10. The molecule has 3 nitrogen and oxygen atoms in total. The molecule has 0 saturated heterocycles. The second kappa shape index (κ2) is 4.53. The molecule has 1 heterocycles. The van der Waals surface area contributed by atoms with Crippen molar-refractivity contribution in [1.82, 2.24) is 4.98 Å². The van der Waals surface area contributed by atoms with Crippen LogP contribution in [-0.4, -0.2) is 12.1 Å². The molecule has 0 radical (unpaired) electrons. The highest BCUT2D eigenvalue weighted by atomic mass is 16.5. The van der Waals surface area contributed by atoms with Gasteiger partial charge in [0.05, 0.1) is 7.11 Å². The topological polar surface area (TPSA) is 35.3 Å². The summed E-state index contributed by atoms with van der Waals surface area (Å²) in [4.78, 5) is 4.47. The number of aromatic nitrogens is 1. The molecule has 0 unspecified atom stereocenters. The standard InChI is InChI=1S/C15H13NO2/c1-17-12-7-8-14-13(10-12)16-15(18-14)9-11-5-3-2-4-6-11/h2-8,10H,9H2,1H3. The maximum Gasteiger partial charge on any atom is 0.199 e. The summed E-state index contributed by atoms with van der Waals surface area (Å²) in [6.07, 6.45) is 0.706. The molecule has 1 aromatic heterocycles. The van der Waals surface area contributed by atoms with E-state index in [9.17, 15) is 0 Å². The van der Waals surface area contributed by atoms with Crippen LogP contribution in [0.4, 0.5) is 0 Å². The van der Waals surface area contributed by atoms with Crippen molar-refractivity contribution in [1.29, 1.82) is 0 Å². The first-order valence-corrected chi connectivity index (χ1v) is 5.82. The molecule has 0 aliphatic carbocycles. The minimum absolute atomic E-state index is 0.706. The molecule has 0 spiro atoms. The summed E-state index contributed by atoms with van der Waals surface area (Å²) in [5.74, 6) is 1.52. The summed E-state index contributed by atoms with van der Waals surface area (Å²) >= 11 is 0. The van der Waals surface area contributed by atoms with E-state index in [1.807, 2.05) is 36.4 Å². The van der Waals surface area contributed by atoms with Gasteiger partial charge in [-0.1, -0.05) is 30.3 Å². The third kappa shape index (κ3) is 2.07. The van der Waals surface area contributed by atoms with Crippen LogP contribution in [0, 0.1) is 0 Å². The lowest BCUT2D eigenvalue weighted by Gasteiger charge is -1.95. The van der Waals surface area contributed by atoms with Gasteiger partial charge in [0.1, 0.15) is 11.3 Å². The molecule has 3 aromatic rings. The Labute approximate surface area is 105 Å². The molecule has 0 bridgehead atoms. The molecule has 0 atom stereocenters. The number of nitrogens with zero attached hydrogens (tertiary/aromatic N) is 1. The van der Waals surface area contributed by atoms with Gasteiger partial charge in [-0.05, 0) is 17.7 Å². The fraction of sp³-hybridized carbons (Fsp3) is 0.133. The zero-order valence-electron chi connectivity index (χ0n) is 10.1. The van der Waals surface area contributed by atoms with Crippen LogP contribution in [0.5, 0.6) is 5.75 Å². The van der Waals surface area contributed by atoms with Crippen LogP contribution >= 0.6 is 0 Å². The smallest absolute Gasteiger partial charge is 0.199 e. The first kappa shape index (κ1) is 10.8. The Bertz CT molecular complexity index is 659. The molecule has 0 fully saturated rings. The summed E-state index contributed by atoms with van der Waals surface area (Å²) in [5.41, 5.74) is 2.82. The Morgan fingerprint density at radius 1 is 1.11 bits per heavy atom. The minimum Gasteiger partial charge on any atom is -0.497 e. The number of oxazole rings is 1. The van der Waals surface area contributed by atoms with Crippen molar-refractivity contribution < 1.29 is 9.15 Å². The van der Waals surface area contributed by atoms with E-state index in [-0.39, 0.29) is 0 Å². The Kier molecular flexibility index (Phi) is 2.73. The lowest BCUT2D eigenvalue weighted by molar-refractivity contribution is 0.415. The van der Waals surface area contributed by atoms with Gasteiger partial charge in [0.25, 0.3) is 0 Å². The summed E-state index contributed by atoms with van der Waals surface area (Å²) in [7, 11) is 1.64. The van der Waals surface area contributed by atoms with Gasteiger partial charge in [-0.15, -0.1) is 0 Å². The SMILES string of the molecule is COc1ccc2oc(Cc3ccccc3)nc2c1. The van der Waals surface area contributed by atoms with Gasteiger partial charge in [0.15, 0.2) is 11.5 Å². The van der Waals surface area contributed by atoms with Gasteiger partial charge >= 0.3 is 0 Å². The van der Waals surface area contributed by atoms with E-state index in [2.05, 4.69) is 17.1 Å². The molecule has 0 aliphatic heterocycles. The molecule has 0 saturated carbocycles. The lowest BCUT2D eigenvalue weighted by atomic mass is 10.1. The number of hydrogen-bond acceptors (Lipinski definition) is 3. The van der Waals surface area contributed by atoms with Crippen molar-refractivity contribution >= 4 is 11.1 Å². The van der Waals surface area contributed by atoms with Crippen molar-refractivity contribution in [3.05, 3.63) is 60.0 Å². The molecular weight excluding hydrogens is 226 g/mol. The number of hydrogen-bond donors (Lipinski definition) is 0. The average Bonchev–Trinajstić information content (AvgIpc) is 2.80. The zero-order chi connectivity index (χ0) is 12.4. The Morgan fingerprint density at radius 3 is 2.72 bits per heavy atom. The normalized spacial score (nSPS) is 10.7. The predicted octanol–water partition coefficient (Wildman–Crippen LogP) is 3.43. The number of rotatable bonds is 3. The minimum atomic E-state index is 0.706. The van der Waals surface area contributed by atoms with Crippen LogP contribution in [0.25, 0.3) is 11.1 Å². The lowest BCUT2D eigenvalue weighted by Crippen LogP contribution is -1.86. The molecule has 18 heavy (non-hydrogen) atoms. The second-order valence-electron chi connectivity index (χ2n) is 4.10. The highest BCUT2D eigenvalue weighted by Gasteiger charge is 2.07. The molecule has 2 aromatic carbocycles. The number of benzene rings is 2. The van der Waals surface area contributed by atoms with Gasteiger partial charge in [0.2, 0.25) is 0 Å². The largest absolute Gasteiger partial charge is 0.497 e. The molecule has 0 aliphatic rings. The molecule has 0 N–H and O–H groups in total. The van der Waals surface area contributed by atoms with Crippen molar-refractivity contribution in [3.63, 3.8) is 0 Å². The van der Waals surface area contributed by atoms with Crippen molar-refractivity contribution in [2.45, 2.75) is 6.42 Å². The van der Waals surface area contributed by atoms with Crippen molar-refractivity contribution in [2.24, 2.45) is 0 Å². The van der Waals surface area contributed by atoms with E-state index in [0.717, 1.165) is 22.7 Å². The van der Waals surface area contributed by atoms with E-state index in [1.54, 1.807) is 7.11 Å². The van der Waals surface area contributed by atoms with E-state index in [0.29, 0.717) is 6.42 Å². The summed E-state index contributed by atoms with van der Waals surface area (Å²) < 4.78 is 10.9. The van der Waals surface area contributed by atoms with Crippen molar-refractivity contribution in [3.8, 4) is 5.75 Å². The first-order valence-electron chi connectivity index (χ1n) is 5.82. The molecule has 3 heteroatoms. The van der Waals surface area contributed by atoms with E-state index in [1.165, 1.54) is 5.56 Å². The number of ether oxygens (including phenoxy) is 1. The molecule has 90 valence electrons. The number of methoxy groups -OCH3 is 1. The van der Waals surface area contributed by atoms with Gasteiger partial charge in [-0.3, -0.25) is 0 Å². The Hall–Kier alpha value is -2.29. The van der Waals surface area contributed by atoms with Gasteiger partial charge in [-0.25, -0.2) is 4.98 Å². The average molecular weight is 239 g/mol. The van der Waals surface area contributed by atoms with Gasteiger partial charge in [0, 0.05) is 12.5 Å². The molecular formula is C15H13NO2. The van der Waals surface area contributed by atoms with Gasteiger partial charge < -0.3 is 9.15 Å². The quantitative estimate of drug-likeness (QED) is 0.702. The monoisotopic (exact) mass is 239 g/mol. The number of fused-ring (bicyclic) bond motifs is 1. The highest BCUT2D eigenvalue weighted by Crippen LogP contribution is 2.22. The summed E-state index contributed by atoms with van der Waals surface area (Å²) in [6, 6.07) is 15.8. The predicted molar refractivity (Wildman–Crippen MR) is 69.8 cm³/mol. The maximum atomic E-state index is 5.70. The van der Waals surface area contributed by atoms with Crippen LogP contribution < -0.4 is 4.74 Å². The van der Waals surface area contributed by atoms with Crippen LogP contribution in [-0.2, 0) is 6.42 Å². The maximum absolute atomic E-state index is 5.70. The van der Waals surface area contributed by atoms with Crippen LogP contribution in [0.2, 0.25) is 0 Å². The molecule has 0 amide bonds. The van der Waals surface area contributed by atoms with Gasteiger partial charge in [-0.2, -0.15) is 0 Å². The van der Waals surface area contributed by atoms with Crippen LogP contribution in [0.1, 0.15) is 11.5 Å². The van der Waals surface area contributed by atoms with E-state index >= 15 is 0 Å². The fourth-order valence-corrected chi connectivity index (χ4v) is 1.93. The first-order chi connectivity index (χ1) is 8.85. The summed E-state index contributed by atoms with van der Waals surface area (Å²) in [6.45, 7) is 0. The van der Waals surface area contributed by atoms with E-state index in [4.69, 9.17) is 9.15 Å². The molecule has 3 rings (SSSR count). The van der Waals surface area contributed by atoms with Crippen LogP contribution in [0.15, 0.2) is 52.9 Å². The summed E-state index contributed by atoms with van der Waals surface area (Å²) in [5, 5.41) is 0. The van der Waals surface area contributed by atoms with Crippen LogP contribution in [0.3, 0.4) is 0 Å². The van der Waals surface area contributed by atoms with E-state index < -0.39 is 0 Å². The third-order valence-electron chi connectivity index (χ3n) is 2.84. The Balaban J connectivity index is 1.94. The third-order valence-corrected chi connectivity index (χ3v) is 2.84. The fourth-order valence-electron chi connectivity index (χ4n) is 1.93. The Morgan fingerprint density at radius 2 is 1.94 bits per heavy atom.